The molecule has 104 valence electrons. The van der Waals surface area contributed by atoms with Crippen LogP contribution < -0.4 is 5.32 Å². The van der Waals surface area contributed by atoms with Crippen LogP contribution in [0.3, 0.4) is 0 Å². The van der Waals surface area contributed by atoms with E-state index in [2.05, 4.69) is 20.5 Å². The van der Waals surface area contributed by atoms with Crippen LogP contribution in [-0.4, -0.2) is 21.1 Å². The molecular formula is C16H14N4O. The lowest BCUT2D eigenvalue weighted by Crippen LogP contribution is -2.14. The number of nitrogens with zero attached hydrogens (tertiary/aromatic N) is 2. The lowest BCUT2D eigenvalue weighted by molar-refractivity contribution is 0.102. The summed E-state index contributed by atoms with van der Waals surface area (Å²) in [5, 5.41) is 11.0. The van der Waals surface area contributed by atoms with E-state index in [4.69, 9.17) is 0 Å². The molecule has 1 aliphatic carbocycles. The summed E-state index contributed by atoms with van der Waals surface area (Å²) in [5.74, 6) is -0.161. The molecule has 5 heteroatoms. The zero-order valence-corrected chi connectivity index (χ0v) is 11.4. The average Bonchev–Trinajstić information content (AvgIpc) is 3.10. The zero-order valence-electron chi connectivity index (χ0n) is 11.4. The third-order valence-electron chi connectivity index (χ3n) is 3.92. The van der Waals surface area contributed by atoms with E-state index in [-0.39, 0.29) is 5.91 Å². The van der Waals surface area contributed by atoms with Crippen LogP contribution in [0.4, 0.5) is 5.69 Å². The maximum Gasteiger partial charge on any atom is 0.276 e. The molecule has 5 nitrogen and oxygen atoms in total. The monoisotopic (exact) mass is 278 g/mol. The number of pyridine rings is 1. The van der Waals surface area contributed by atoms with E-state index >= 15 is 0 Å². The van der Waals surface area contributed by atoms with Crippen LogP contribution in [0.5, 0.6) is 0 Å². The number of carbonyl (C=O) groups is 1. The van der Waals surface area contributed by atoms with E-state index in [1.165, 1.54) is 0 Å². The molecule has 1 aromatic carbocycles. The van der Waals surface area contributed by atoms with Crippen molar-refractivity contribution in [1.82, 2.24) is 15.2 Å². The Morgan fingerprint density at radius 2 is 2.14 bits per heavy atom. The van der Waals surface area contributed by atoms with Crippen LogP contribution in [0.25, 0.3) is 10.9 Å². The highest BCUT2D eigenvalue weighted by Crippen LogP contribution is 2.25. The van der Waals surface area contributed by atoms with Crippen LogP contribution in [0, 0.1) is 0 Å². The summed E-state index contributed by atoms with van der Waals surface area (Å²) in [5.41, 5.74) is 4.30. The Morgan fingerprint density at radius 3 is 3.10 bits per heavy atom. The molecule has 0 aliphatic heterocycles. The number of rotatable bonds is 2. The number of anilines is 1. The van der Waals surface area contributed by atoms with Gasteiger partial charge in [0.2, 0.25) is 0 Å². The Hall–Kier alpha value is -2.69. The largest absolute Gasteiger partial charge is 0.320 e. The number of hydrogen-bond donors (Lipinski definition) is 2. The summed E-state index contributed by atoms with van der Waals surface area (Å²) in [6, 6.07) is 9.52. The van der Waals surface area contributed by atoms with Crippen molar-refractivity contribution in [2.24, 2.45) is 0 Å². The van der Waals surface area contributed by atoms with Crippen molar-refractivity contribution in [2.75, 3.05) is 5.32 Å². The Kier molecular flexibility index (Phi) is 2.70. The number of aromatic amines is 1. The van der Waals surface area contributed by atoms with Crippen molar-refractivity contribution >= 4 is 22.5 Å². The summed E-state index contributed by atoms with van der Waals surface area (Å²) < 4.78 is 0. The lowest BCUT2D eigenvalue weighted by atomic mass is 10.1. The lowest BCUT2D eigenvalue weighted by Gasteiger charge is -2.07. The quantitative estimate of drug-likeness (QED) is 0.757. The Balaban J connectivity index is 1.70. The van der Waals surface area contributed by atoms with Crippen LogP contribution >= 0.6 is 0 Å². The molecule has 0 saturated carbocycles. The van der Waals surface area contributed by atoms with E-state index in [0.29, 0.717) is 5.69 Å². The van der Waals surface area contributed by atoms with Crippen molar-refractivity contribution in [1.29, 1.82) is 0 Å². The molecule has 0 unspecified atom stereocenters. The topological polar surface area (TPSA) is 70.7 Å². The molecule has 0 saturated heterocycles. The first-order valence-corrected chi connectivity index (χ1v) is 7.04. The van der Waals surface area contributed by atoms with Crippen LogP contribution in [0.15, 0.2) is 36.5 Å². The second-order valence-electron chi connectivity index (χ2n) is 5.21. The van der Waals surface area contributed by atoms with Gasteiger partial charge in [0.25, 0.3) is 5.91 Å². The van der Waals surface area contributed by atoms with E-state index in [1.807, 2.05) is 30.3 Å². The number of H-pyrrole nitrogens is 1. The molecule has 3 aromatic rings. The zero-order chi connectivity index (χ0) is 14.2. The third kappa shape index (κ3) is 1.98. The Labute approximate surface area is 121 Å². The van der Waals surface area contributed by atoms with Crippen molar-refractivity contribution in [2.45, 2.75) is 19.3 Å². The van der Waals surface area contributed by atoms with Gasteiger partial charge >= 0.3 is 0 Å². The molecule has 2 N–H and O–H groups in total. The van der Waals surface area contributed by atoms with Gasteiger partial charge in [0.15, 0.2) is 5.69 Å². The van der Waals surface area contributed by atoms with Gasteiger partial charge in [-0.3, -0.25) is 14.9 Å². The number of fused-ring (bicyclic) bond motifs is 2. The number of hydrogen-bond acceptors (Lipinski definition) is 3. The molecule has 1 aliphatic rings. The number of carbonyl (C=O) groups excluding carboxylic acids is 1. The van der Waals surface area contributed by atoms with Crippen molar-refractivity contribution in [3.8, 4) is 0 Å². The van der Waals surface area contributed by atoms with Crippen LogP contribution in [0.1, 0.15) is 28.2 Å². The maximum atomic E-state index is 12.5. The molecule has 4 rings (SSSR count). The summed E-state index contributed by atoms with van der Waals surface area (Å²) in [7, 11) is 0. The second-order valence-corrected chi connectivity index (χ2v) is 5.21. The molecule has 0 fully saturated rings. The minimum atomic E-state index is -0.161. The van der Waals surface area contributed by atoms with Crippen molar-refractivity contribution in [3.05, 3.63) is 53.5 Å². The number of nitrogens with one attached hydrogen (secondary N) is 2. The van der Waals surface area contributed by atoms with Gasteiger partial charge in [0, 0.05) is 22.8 Å². The van der Waals surface area contributed by atoms with Gasteiger partial charge in [-0.05, 0) is 43.5 Å². The van der Waals surface area contributed by atoms with Gasteiger partial charge in [-0.2, -0.15) is 5.10 Å². The van der Waals surface area contributed by atoms with Gasteiger partial charge in [0.1, 0.15) is 0 Å². The third-order valence-corrected chi connectivity index (χ3v) is 3.92. The fraction of sp³-hybridized carbons (Fsp3) is 0.188. The minimum Gasteiger partial charge on any atom is -0.320 e. The normalized spacial score (nSPS) is 13.3. The number of aromatic nitrogens is 3. The number of benzene rings is 1. The predicted octanol–water partition coefficient (Wildman–Crippen LogP) is 2.70. The van der Waals surface area contributed by atoms with E-state index in [0.717, 1.165) is 47.1 Å². The summed E-state index contributed by atoms with van der Waals surface area (Å²) in [4.78, 5) is 16.8. The van der Waals surface area contributed by atoms with Gasteiger partial charge in [-0.1, -0.05) is 6.07 Å². The van der Waals surface area contributed by atoms with E-state index in [1.54, 1.807) is 6.20 Å². The van der Waals surface area contributed by atoms with Gasteiger partial charge in [-0.25, -0.2) is 0 Å². The summed E-state index contributed by atoms with van der Waals surface area (Å²) >= 11 is 0. The Bertz CT molecular complexity index is 832. The average molecular weight is 278 g/mol. The van der Waals surface area contributed by atoms with Crippen LogP contribution in [-0.2, 0) is 12.8 Å². The van der Waals surface area contributed by atoms with Gasteiger partial charge < -0.3 is 5.32 Å². The highest BCUT2D eigenvalue weighted by atomic mass is 16.1. The maximum absolute atomic E-state index is 12.5. The smallest absolute Gasteiger partial charge is 0.276 e. The van der Waals surface area contributed by atoms with Crippen molar-refractivity contribution in [3.63, 3.8) is 0 Å². The van der Waals surface area contributed by atoms with Crippen LogP contribution in [0.2, 0.25) is 0 Å². The molecule has 0 atom stereocenters. The molecule has 0 bridgehead atoms. The number of amides is 1. The predicted molar refractivity (Wildman–Crippen MR) is 80.3 cm³/mol. The highest BCUT2D eigenvalue weighted by Gasteiger charge is 2.23. The fourth-order valence-electron chi connectivity index (χ4n) is 2.90. The van der Waals surface area contributed by atoms with Gasteiger partial charge in [0.05, 0.1) is 11.2 Å². The standard InChI is InChI=1S/C16H14N4O/c21-16(15-11-4-1-8-14(11)19-20-15)18-13-7-2-6-12-10(13)5-3-9-17-12/h2-3,5-7,9H,1,4,8H2,(H,18,21)(H,19,20). The summed E-state index contributed by atoms with van der Waals surface area (Å²) in [6.45, 7) is 0. The minimum absolute atomic E-state index is 0.161. The molecule has 21 heavy (non-hydrogen) atoms. The molecule has 1 amide bonds. The first-order valence-electron chi connectivity index (χ1n) is 7.04. The second kappa shape index (κ2) is 4.70. The summed E-state index contributed by atoms with van der Waals surface area (Å²) in [6.07, 6.45) is 4.73. The number of aryl methyl sites for hydroxylation is 1. The first kappa shape index (κ1) is 12.1. The Morgan fingerprint density at radius 1 is 1.19 bits per heavy atom. The van der Waals surface area contributed by atoms with E-state index in [9.17, 15) is 4.79 Å². The first-order chi connectivity index (χ1) is 10.3. The fourth-order valence-corrected chi connectivity index (χ4v) is 2.90. The molecule has 0 spiro atoms. The molecule has 0 radical (unpaired) electrons. The van der Waals surface area contributed by atoms with Crippen molar-refractivity contribution < 1.29 is 4.79 Å². The molecule has 2 heterocycles. The SMILES string of the molecule is O=C(Nc1cccc2ncccc12)c1n[nH]c2c1CCC2. The molecule has 2 aromatic heterocycles. The highest BCUT2D eigenvalue weighted by molar-refractivity contribution is 6.08. The van der Waals surface area contributed by atoms with E-state index < -0.39 is 0 Å². The van der Waals surface area contributed by atoms with Gasteiger partial charge in [-0.15, -0.1) is 0 Å². The molecular weight excluding hydrogens is 264 g/mol.